The van der Waals surface area contributed by atoms with Crippen molar-refractivity contribution >= 4 is 72.1 Å². The van der Waals surface area contributed by atoms with E-state index in [1.807, 2.05) is 0 Å². The molecule has 0 bridgehead atoms. The van der Waals surface area contributed by atoms with Gasteiger partial charge in [0.1, 0.15) is 0 Å². The zero-order valence-corrected chi connectivity index (χ0v) is 33.9. The molecule has 3 heteroatoms. The minimum Gasteiger partial charge on any atom is -0.310 e. The summed E-state index contributed by atoms with van der Waals surface area (Å²) in [6.45, 7) is 13.6. The number of rotatable bonds is 6. The van der Waals surface area contributed by atoms with Crippen molar-refractivity contribution in [2.24, 2.45) is 0 Å². The maximum atomic E-state index is 2.67. The molecule has 0 unspecified atom stereocenters. The molecule has 11 rings (SSSR count). The maximum absolute atomic E-state index is 2.67. The highest BCUT2D eigenvalue weighted by Gasteiger charge is 2.42. The molecule has 0 amide bonds. The Hall–Kier alpha value is -6.84. The van der Waals surface area contributed by atoms with E-state index in [1.54, 1.807) is 0 Å². The summed E-state index contributed by atoms with van der Waals surface area (Å²) in [6, 6.07) is 61.0. The third-order valence-corrected chi connectivity index (χ3v) is 12.8. The molecular weight excluding hydrogens is 703 g/mol. The summed E-state index contributed by atoms with van der Waals surface area (Å²) in [5.74, 6) is 0. The first-order valence-electron chi connectivity index (χ1n) is 20.4. The SMILES string of the molecule is Cc1ccc(N(c2ccc3ccc4c5ccc(N(c6ccc(C)cc6)c6ccccc6C)c6c7c(n(c65)c4c3c2)C(C)(C)c2ccccc2-7)c2ccccc2C)cc1. The van der Waals surface area contributed by atoms with Crippen molar-refractivity contribution in [2.75, 3.05) is 9.80 Å². The zero-order valence-electron chi connectivity index (χ0n) is 33.9. The van der Waals surface area contributed by atoms with E-state index in [0.29, 0.717) is 0 Å². The van der Waals surface area contributed by atoms with Crippen LogP contribution in [0.4, 0.5) is 34.1 Å². The lowest BCUT2D eigenvalue weighted by Gasteiger charge is -2.28. The molecule has 280 valence electrons. The average Bonchev–Trinajstić information content (AvgIpc) is 3.84. The minimum atomic E-state index is -0.243. The van der Waals surface area contributed by atoms with E-state index in [-0.39, 0.29) is 5.41 Å². The molecule has 0 saturated heterocycles. The molecule has 2 heterocycles. The number of benzene rings is 8. The van der Waals surface area contributed by atoms with Crippen molar-refractivity contribution in [3.8, 4) is 11.1 Å². The number of nitrogens with zero attached hydrogens (tertiary/aromatic N) is 3. The van der Waals surface area contributed by atoms with Gasteiger partial charge in [0, 0.05) is 66.7 Å². The number of anilines is 6. The molecular formula is C55H45N3. The minimum absolute atomic E-state index is 0.243. The Labute approximate surface area is 340 Å². The standard InChI is InChI=1S/C55H45N3/c1-34-19-25-39(26-20-34)56(47-17-11-7-13-36(47)3)41-29-23-38-24-30-42-43-31-32-49(57(40-27-21-35(2)22-28-40)48-18-12-8-14-37(48)4)51-50-44-15-9-10-16-46(44)55(5,6)54(50)58(53(43)51)52(42)45(38)33-41/h7-33H,1-6H3. The van der Waals surface area contributed by atoms with Gasteiger partial charge in [0.15, 0.2) is 0 Å². The Morgan fingerprint density at radius 2 is 0.983 bits per heavy atom. The Balaban J connectivity index is 1.28. The molecule has 2 aromatic heterocycles. The van der Waals surface area contributed by atoms with E-state index >= 15 is 0 Å². The van der Waals surface area contributed by atoms with Crippen LogP contribution in [-0.2, 0) is 5.41 Å². The van der Waals surface area contributed by atoms with Gasteiger partial charge in [-0.25, -0.2) is 0 Å². The van der Waals surface area contributed by atoms with Crippen molar-refractivity contribution < 1.29 is 0 Å². The summed E-state index contributed by atoms with van der Waals surface area (Å²) in [6.07, 6.45) is 0. The first-order valence-corrected chi connectivity index (χ1v) is 20.4. The van der Waals surface area contributed by atoms with Crippen LogP contribution in [0.1, 0.15) is 47.4 Å². The molecule has 0 radical (unpaired) electrons. The normalized spacial score (nSPS) is 13.1. The largest absolute Gasteiger partial charge is 0.310 e. The third kappa shape index (κ3) is 4.86. The van der Waals surface area contributed by atoms with Gasteiger partial charge in [-0.15, -0.1) is 0 Å². The van der Waals surface area contributed by atoms with Gasteiger partial charge >= 0.3 is 0 Å². The number of hydrogen-bond donors (Lipinski definition) is 0. The summed E-state index contributed by atoms with van der Waals surface area (Å²) < 4.78 is 2.67. The highest BCUT2D eigenvalue weighted by Crippen LogP contribution is 2.58. The second kappa shape index (κ2) is 12.6. The summed E-state index contributed by atoms with van der Waals surface area (Å²) in [5.41, 5.74) is 19.7. The van der Waals surface area contributed by atoms with Crippen molar-refractivity contribution in [1.82, 2.24) is 4.40 Å². The predicted octanol–water partition coefficient (Wildman–Crippen LogP) is 15.3. The molecule has 1 aliphatic carbocycles. The zero-order chi connectivity index (χ0) is 39.4. The molecule has 0 atom stereocenters. The van der Waals surface area contributed by atoms with E-state index in [4.69, 9.17) is 0 Å². The fourth-order valence-electron chi connectivity index (χ4n) is 10.00. The lowest BCUT2D eigenvalue weighted by molar-refractivity contribution is 0.634. The van der Waals surface area contributed by atoms with Gasteiger partial charge < -0.3 is 14.2 Å². The number of aryl methyl sites for hydroxylation is 4. The Bertz CT molecular complexity index is 3240. The molecule has 0 N–H and O–H groups in total. The molecule has 8 aromatic carbocycles. The Morgan fingerprint density at radius 3 is 1.66 bits per heavy atom. The van der Waals surface area contributed by atoms with Crippen molar-refractivity contribution in [2.45, 2.75) is 47.0 Å². The van der Waals surface area contributed by atoms with E-state index in [2.05, 4.69) is 220 Å². The summed E-state index contributed by atoms with van der Waals surface area (Å²) >= 11 is 0. The van der Waals surface area contributed by atoms with Gasteiger partial charge in [0.05, 0.1) is 16.7 Å². The number of aromatic nitrogens is 1. The quantitative estimate of drug-likeness (QED) is 0.168. The van der Waals surface area contributed by atoms with Crippen LogP contribution >= 0.6 is 0 Å². The lowest BCUT2D eigenvalue weighted by Crippen LogP contribution is -2.17. The van der Waals surface area contributed by atoms with Crippen LogP contribution in [0.15, 0.2) is 164 Å². The molecule has 0 spiro atoms. The van der Waals surface area contributed by atoms with E-state index in [9.17, 15) is 0 Å². The van der Waals surface area contributed by atoms with Crippen LogP contribution in [0.3, 0.4) is 0 Å². The van der Waals surface area contributed by atoms with Crippen LogP contribution in [0.5, 0.6) is 0 Å². The van der Waals surface area contributed by atoms with Gasteiger partial charge in [0.25, 0.3) is 0 Å². The summed E-state index contributed by atoms with van der Waals surface area (Å²) in [4.78, 5) is 4.91. The van der Waals surface area contributed by atoms with Crippen molar-refractivity contribution in [3.63, 3.8) is 0 Å². The smallest absolute Gasteiger partial charge is 0.0639 e. The summed E-state index contributed by atoms with van der Waals surface area (Å²) in [5, 5.41) is 6.34. The number of fused-ring (bicyclic) bond motifs is 10. The van der Waals surface area contributed by atoms with Crippen molar-refractivity contribution in [3.05, 3.63) is 197 Å². The second-order valence-electron chi connectivity index (χ2n) is 16.9. The lowest BCUT2D eigenvalue weighted by atomic mass is 9.85. The van der Waals surface area contributed by atoms with Gasteiger partial charge in [-0.1, -0.05) is 134 Å². The summed E-state index contributed by atoms with van der Waals surface area (Å²) in [7, 11) is 0. The van der Waals surface area contributed by atoms with Crippen LogP contribution in [0.2, 0.25) is 0 Å². The topological polar surface area (TPSA) is 10.9 Å². The maximum Gasteiger partial charge on any atom is 0.0639 e. The highest BCUT2D eigenvalue weighted by molar-refractivity contribution is 6.27. The Morgan fingerprint density at radius 1 is 0.448 bits per heavy atom. The average molecular weight is 748 g/mol. The van der Waals surface area contributed by atoms with Gasteiger partial charge in [-0.2, -0.15) is 0 Å². The van der Waals surface area contributed by atoms with Gasteiger partial charge in [-0.05, 0) is 110 Å². The van der Waals surface area contributed by atoms with Crippen LogP contribution in [0.25, 0.3) is 49.1 Å². The van der Waals surface area contributed by atoms with Gasteiger partial charge in [-0.3, -0.25) is 0 Å². The second-order valence-corrected chi connectivity index (χ2v) is 16.9. The molecule has 58 heavy (non-hydrogen) atoms. The molecule has 1 aliphatic rings. The van der Waals surface area contributed by atoms with Crippen LogP contribution in [-0.4, -0.2) is 4.40 Å². The fourth-order valence-corrected chi connectivity index (χ4v) is 10.00. The van der Waals surface area contributed by atoms with Gasteiger partial charge in [0.2, 0.25) is 0 Å². The number of para-hydroxylation sites is 2. The molecule has 10 aromatic rings. The van der Waals surface area contributed by atoms with Crippen LogP contribution < -0.4 is 9.80 Å². The first-order chi connectivity index (χ1) is 28.2. The molecule has 3 nitrogen and oxygen atoms in total. The Kier molecular flexibility index (Phi) is 7.46. The van der Waals surface area contributed by atoms with E-state index < -0.39 is 0 Å². The molecule has 0 fully saturated rings. The molecule has 0 aliphatic heterocycles. The highest BCUT2D eigenvalue weighted by atomic mass is 15.2. The molecule has 0 saturated carbocycles. The van der Waals surface area contributed by atoms with Crippen LogP contribution in [0, 0.1) is 27.7 Å². The van der Waals surface area contributed by atoms with E-state index in [0.717, 1.165) is 17.1 Å². The van der Waals surface area contributed by atoms with E-state index in [1.165, 1.54) is 99.7 Å². The third-order valence-electron chi connectivity index (χ3n) is 12.8. The predicted molar refractivity (Wildman–Crippen MR) is 247 cm³/mol. The monoisotopic (exact) mass is 747 g/mol. The number of hydrogen-bond acceptors (Lipinski definition) is 2. The fraction of sp³-hybridized carbons (Fsp3) is 0.127. The first kappa shape index (κ1) is 34.4. The van der Waals surface area contributed by atoms with Crippen molar-refractivity contribution in [1.29, 1.82) is 0 Å².